The molecule has 0 spiro atoms. The average molecular weight is 475 g/mol. The van der Waals surface area contributed by atoms with Gasteiger partial charge in [0.2, 0.25) is 10.0 Å². The Morgan fingerprint density at radius 3 is 2.48 bits per heavy atom. The second-order valence-electron chi connectivity index (χ2n) is 7.19. The first-order chi connectivity index (χ1) is 15.8. The Morgan fingerprint density at radius 2 is 1.82 bits per heavy atom. The van der Waals surface area contributed by atoms with Crippen molar-refractivity contribution in [3.8, 4) is 5.75 Å². The van der Waals surface area contributed by atoms with Gasteiger partial charge >= 0.3 is 5.97 Å². The van der Waals surface area contributed by atoms with Crippen molar-refractivity contribution >= 4 is 33.7 Å². The number of methoxy groups -OCH3 is 1. The summed E-state index contributed by atoms with van der Waals surface area (Å²) in [5.41, 5.74) is 1.05. The Kier molecular flexibility index (Phi) is 8.21. The lowest BCUT2D eigenvalue weighted by Gasteiger charge is -2.26. The van der Waals surface area contributed by atoms with Gasteiger partial charge in [-0.3, -0.25) is 4.79 Å². The van der Waals surface area contributed by atoms with Crippen LogP contribution in [0.5, 0.6) is 5.75 Å². The molecule has 0 aliphatic carbocycles. The first-order valence-corrected chi connectivity index (χ1v) is 11.8. The summed E-state index contributed by atoms with van der Waals surface area (Å²) >= 11 is 0. The topological polar surface area (TPSA) is 111 Å². The average Bonchev–Trinajstić information content (AvgIpc) is 2.83. The summed E-state index contributed by atoms with van der Waals surface area (Å²) in [7, 11) is -2.41. The third-order valence-corrected chi connectivity index (χ3v) is 6.81. The van der Waals surface area contributed by atoms with Gasteiger partial charge < -0.3 is 19.5 Å². The van der Waals surface area contributed by atoms with Crippen molar-refractivity contribution in [1.29, 1.82) is 0 Å². The molecule has 0 aromatic heterocycles. The first-order valence-electron chi connectivity index (χ1n) is 10.3. The third kappa shape index (κ3) is 6.41. The van der Waals surface area contributed by atoms with Crippen LogP contribution in [0.4, 0.5) is 5.69 Å². The maximum Gasteiger partial charge on any atom is 0.331 e. The van der Waals surface area contributed by atoms with Crippen LogP contribution in [-0.2, 0) is 29.1 Å². The molecule has 1 aliphatic rings. The van der Waals surface area contributed by atoms with E-state index in [1.165, 1.54) is 36.5 Å². The maximum atomic E-state index is 13.1. The molecule has 0 radical (unpaired) electrons. The molecule has 1 unspecified atom stereocenters. The Morgan fingerprint density at radius 1 is 1.12 bits per heavy atom. The monoisotopic (exact) mass is 474 g/mol. The van der Waals surface area contributed by atoms with Crippen LogP contribution in [-0.4, -0.2) is 64.1 Å². The molecule has 10 heteroatoms. The van der Waals surface area contributed by atoms with Crippen LogP contribution in [0.1, 0.15) is 12.5 Å². The fraction of sp³-hybridized carbons (Fsp3) is 0.304. The van der Waals surface area contributed by atoms with Gasteiger partial charge in [-0.15, -0.1) is 0 Å². The highest BCUT2D eigenvalue weighted by atomic mass is 32.2. The van der Waals surface area contributed by atoms with Crippen LogP contribution in [0, 0.1) is 0 Å². The number of hydrogen-bond donors (Lipinski definition) is 1. The fourth-order valence-corrected chi connectivity index (χ4v) is 4.72. The second-order valence-corrected chi connectivity index (χ2v) is 9.10. The molecule has 0 saturated carbocycles. The molecule has 1 aliphatic heterocycles. The summed E-state index contributed by atoms with van der Waals surface area (Å²) in [4.78, 5) is 24.4. The highest BCUT2D eigenvalue weighted by molar-refractivity contribution is 7.89. The highest BCUT2D eigenvalue weighted by Gasteiger charge is 2.29. The molecule has 33 heavy (non-hydrogen) atoms. The van der Waals surface area contributed by atoms with Crippen molar-refractivity contribution in [3.05, 3.63) is 60.2 Å². The van der Waals surface area contributed by atoms with Gasteiger partial charge in [-0.25, -0.2) is 13.2 Å². The van der Waals surface area contributed by atoms with E-state index < -0.39 is 28.0 Å². The van der Waals surface area contributed by atoms with Gasteiger partial charge in [0.25, 0.3) is 5.91 Å². The molecule has 1 heterocycles. The minimum Gasteiger partial charge on any atom is -0.495 e. The summed E-state index contributed by atoms with van der Waals surface area (Å²) in [6.07, 6.45) is 1.54. The lowest BCUT2D eigenvalue weighted by molar-refractivity contribution is -0.148. The molecule has 1 saturated heterocycles. The summed E-state index contributed by atoms with van der Waals surface area (Å²) in [6, 6.07) is 13.4. The van der Waals surface area contributed by atoms with Gasteiger partial charge in [-0.1, -0.05) is 24.3 Å². The number of esters is 1. The molecular weight excluding hydrogens is 448 g/mol. The standard InChI is InChI=1S/C23H26N2O7S/c1-17(23(27)24-19-6-4-3-5-7-19)32-22(26)11-9-18-8-10-20(30-2)21(16-18)33(28,29)25-12-14-31-15-13-25/h3-11,16-17H,12-15H2,1-2H3,(H,24,27)/b11-9+. The molecule has 1 N–H and O–H groups in total. The first kappa shape index (κ1) is 24.4. The number of anilines is 1. The molecule has 2 aromatic rings. The number of nitrogens with one attached hydrogen (secondary N) is 1. The van der Waals surface area contributed by atoms with Gasteiger partial charge in [0.15, 0.2) is 6.10 Å². The largest absolute Gasteiger partial charge is 0.495 e. The minimum absolute atomic E-state index is 0.00183. The van der Waals surface area contributed by atoms with Crippen LogP contribution in [0.25, 0.3) is 6.08 Å². The number of morpholine rings is 1. The maximum absolute atomic E-state index is 13.1. The zero-order chi connectivity index (χ0) is 23.8. The van der Waals surface area contributed by atoms with Crippen molar-refractivity contribution in [1.82, 2.24) is 4.31 Å². The SMILES string of the molecule is COc1ccc(/C=C/C(=O)OC(C)C(=O)Nc2ccccc2)cc1S(=O)(=O)N1CCOCC1. The van der Waals surface area contributed by atoms with Crippen LogP contribution < -0.4 is 10.1 Å². The molecule has 1 amide bonds. The van der Waals surface area contributed by atoms with Gasteiger partial charge in [-0.2, -0.15) is 4.31 Å². The van der Waals surface area contributed by atoms with E-state index in [0.717, 1.165) is 6.08 Å². The Hall–Kier alpha value is -3.21. The minimum atomic E-state index is -3.80. The summed E-state index contributed by atoms with van der Waals surface area (Å²) in [5, 5.41) is 2.65. The molecular formula is C23H26N2O7S. The number of benzene rings is 2. The molecule has 3 rings (SSSR count). The summed E-state index contributed by atoms with van der Waals surface area (Å²) < 4.78 is 43.1. The number of nitrogens with zero attached hydrogens (tertiary/aromatic N) is 1. The lowest BCUT2D eigenvalue weighted by Crippen LogP contribution is -2.40. The van der Waals surface area contributed by atoms with Crippen molar-refractivity contribution in [2.75, 3.05) is 38.7 Å². The van der Waals surface area contributed by atoms with Crippen molar-refractivity contribution in [2.45, 2.75) is 17.9 Å². The molecule has 0 bridgehead atoms. The summed E-state index contributed by atoms with van der Waals surface area (Å²) in [5.74, 6) is -1.00. The zero-order valence-electron chi connectivity index (χ0n) is 18.4. The van der Waals surface area contributed by atoms with E-state index in [1.807, 2.05) is 6.07 Å². The number of carbonyl (C=O) groups excluding carboxylic acids is 2. The molecule has 2 aromatic carbocycles. The number of hydrogen-bond acceptors (Lipinski definition) is 7. The van der Waals surface area contributed by atoms with Gasteiger partial charge in [0.05, 0.1) is 20.3 Å². The second kappa shape index (κ2) is 11.1. The van der Waals surface area contributed by atoms with E-state index in [0.29, 0.717) is 24.5 Å². The van der Waals surface area contributed by atoms with E-state index in [-0.39, 0.29) is 23.7 Å². The quantitative estimate of drug-likeness (QED) is 0.462. The van der Waals surface area contributed by atoms with E-state index in [4.69, 9.17) is 14.2 Å². The van der Waals surface area contributed by atoms with Crippen LogP contribution in [0.2, 0.25) is 0 Å². The number of ether oxygens (including phenoxy) is 3. The van der Waals surface area contributed by atoms with E-state index >= 15 is 0 Å². The number of amides is 1. The lowest BCUT2D eigenvalue weighted by atomic mass is 10.2. The molecule has 1 fully saturated rings. The number of sulfonamides is 1. The number of rotatable bonds is 8. The zero-order valence-corrected chi connectivity index (χ0v) is 19.2. The Bertz CT molecular complexity index is 1110. The van der Waals surface area contributed by atoms with Gasteiger partial charge in [0, 0.05) is 24.9 Å². The van der Waals surface area contributed by atoms with Gasteiger partial charge in [-0.05, 0) is 42.8 Å². The Balaban J connectivity index is 1.68. The van der Waals surface area contributed by atoms with E-state index in [9.17, 15) is 18.0 Å². The van der Waals surface area contributed by atoms with E-state index in [1.54, 1.807) is 30.3 Å². The Labute approximate surface area is 193 Å². The van der Waals surface area contributed by atoms with Crippen LogP contribution >= 0.6 is 0 Å². The fourth-order valence-electron chi connectivity index (χ4n) is 3.12. The molecule has 1 atom stereocenters. The van der Waals surface area contributed by atoms with Crippen molar-refractivity contribution in [3.63, 3.8) is 0 Å². The van der Waals surface area contributed by atoms with Crippen molar-refractivity contribution in [2.24, 2.45) is 0 Å². The van der Waals surface area contributed by atoms with Crippen molar-refractivity contribution < 1.29 is 32.2 Å². The molecule has 176 valence electrons. The van der Waals surface area contributed by atoms with Crippen LogP contribution in [0.3, 0.4) is 0 Å². The molecule has 9 nitrogen and oxygen atoms in total. The van der Waals surface area contributed by atoms with E-state index in [2.05, 4.69) is 5.32 Å². The highest BCUT2D eigenvalue weighted by Crippen LogP contribution is 2.28. The predicted octanol–water partition coefficient (Wildman–Crippen LogP) is 2.30. The third-order valence-electron chi connectivity index (χ3n) is 4.89. The number of para-hydroxylation sites is 1. The van der Waals surface area contributed by atoms with Crippen LogP contribution in [0.15, 0.2) is 59.5 Å². The normalized spacial score (nSPS) is 15.7. The summed E-state index contributed by atoms with van der Waals surface area (Å²) in [6.45, 7) is 2.61. The van der Waals surface area contributed by atoms with Gasteiger partial charge in [0.1, 0.15) is 10.6 Å². The number of carbonyl (C=O) groups is 2. The smallest absolute Gasteiger partial charge is 0.331 e. The predicted molar refractivity (Wildman–Crippen MR) is 122 cm³/mol.